The van der Waals surface area contributed by atoms with Gasteiger partial charge < -0.3 is 5.32 Å². The molecule has 2 aromatic rings. The van der Waals surface area contributed by atoms with Crippen LogP contribution in [0.5, 0.6) is 0 Å². The van der Waals surface area contributed by atoms with Crippen molar-refractivity contribution in [2.24, 2.45) is 0 Å². The van der Waals surface area contributed by atoms with E-state index in [0.29, 0.717) is 33.6 Å². The molecular weight excluding hydrogens is 332 g/mol. The van der Waals surface area contributed by atoms with E-state index in [1.165, 1.54) is 12.1 Å². The largest absolute Gasteiger partial charge is 0.310 e. The summed E-state index contributed by atoms with van der Waals surface area (Å²) >= 11 is 18.5. The summed E-state index contributed by atoms with van der Waals surface area (Å²) in [4.78, 5) is 0. The number of halogens is 4. The Hall–Kier alpha value is -0.800. The standard InChI is InChI=1S/C16H15Cl3FN/c1-2-21-15(16-12(18)4-3-5-13(16)19)9-10-8-11(17)6-7-14(10)20/h3-8,15,21H,2,9H2,1H3. The average Bonchev–Trinajstić information content (AvgIpc) is 2.43. The summed E-state index contributed by atoms with van der Waals surface area (Å²) in [6.45, 7) is 2.69. The first-order valence-electron chi connectivity index (χ1n) is 6.64. The number of hydrogen-bond donors (Lipinski definition) is 1. The molecule has 5 heteroatoms. The van der Waals surface area contributed by atoms with Crippen LogP contribution in [-0.4, -0.2) is 6.54 Å². The van der Waals surface area contributed by atoms with Gasteiger partial charge in [0.1, 0.15) is 5.82 Å². The fourth-order valence-electron chi connectivity index (χ4n) is 2.29. The van der Waals surface area contributed by atoms with Gasteiger partial charge in [0.25, 0.3) is 0 Å². The Morgan fingerprint density at radius 3 is 2.38 bits per heavy atom. The summed E-state index contributed by atoms with van der Waals surface area (Å²) < 4.78 is 13.9. The SMILES string of the molecule is CCNC(Cc1cc(Cl)ccc1F)c1c(Cl)cccc1Cl. The lowest BCUT2D eigenvalue weighted by Gasteiger charge is -2.21. The molecule has 0 spiro atoms. The molecule has 0 aliphatic carbocycles. The van der Waals surface area contributed by atoms with E-state index in [-0.39, 0.29) is 11.9 Å². The molecule has 0 aromatic heterocycles. The summed E-state index contributed by atoms with van der Waals surface area (Å²) in [7, 11) is 0. The lowest BCUT2D eigenvalue weighted by Crippen LogP contribution is -2.24. The molecule has 0 aliphatic rings. The molecule has 1 N–H and O–H groups in total. The average molecular weight is 347 g/mol. The highest BCUT2D eigenvalue weighted by atomic mass is 35.5. The molecule has 0 fully saturated rings. The van der Waals surface area contributed by atoms with Crippen LogP contribution in [0.15, 0.2) is 36.4 Å². The van der Waals surface area contributed by atoms with Crippen LogP contribution in [0.25, 0.3) is 0 Å². The number of likely N-dealkylation sites (N-methyl/N-ethyl adjacent to an activating group) is 1. The number of hydrogen-bond acceptors (Lipinski definition) is 1. The van der Waals surface area contributed by atoms with Crippen molar-refractivity contribution in [3.8, 4) is 0 Å². The molecule has 1 unspecified atom stereocenters. The van der Waals surface area contributed by atoms with Crippen molar-refractivity contribution >= 4 is 34.8 Å². The van der Waals surface area contributed by atoms with E-state index in [9.17, 15) is 4.39 Å². The minimum absolute atomic E-state index is 0.177. The molecule has 0 saturated carbocycles. The maximum Gasteiger partial charge on any atom is 0.126 e. The molecule has 112 valence electrons. The van der Waals surface area contributed by atoms with E-state index >= 15 is 0 Å². The van der Waals surface area contributed by atoms with Gasteiger partial charge >= 0.3 is 0 Å². The van der Waals surface area contributed by atoms with Crippen molar-refractivity contribution in [3.05, 3.63) is 68.4 Å². The second kappa shape index (κ2) is 7.46. The van der Waals surface area contributed by atoms with Crippen LogP contribution in [-0.2, 0) is 6.42 Å². The van der Waals surface area contributed by atoms with Gasteiger partial charge in [-0.15, -0.1) is 0 Å². The zero-order valence-electron chi connectivity index (χ0n) is 11.5. The van der Waals surface area contributed by atoms with Crippen LogP contribution in [0.1, 0.15) is 24.1 Å². The lowest BCUT2D eigenvalue weighted by atomic mass is 9.98. The topological polar surface area (TPSA) is 12.0 Å². The monoisotopic (exact) mass is 345 g/mol. The number of benzene rings is 2. The first-order chi connectivity index (χ1) is 10.0. The zero-order chi connectivity index (χ0) is 15.4. The molecule has 2 aromatic carbocycles. The Labute approximate surface area is 139 Å². The van der Waals surface area contributed by atoms with E-state index in [1.54, 1.807) is 24.3 Å². The van der Waals surface area contributed by atoms with Gasteiger partial charge in [-0.2, -0.15) is 0 Å². The van der Waals surface area contributed by atoms with Crippen molar-refractivity contribution in [3.63, 3.8) is 0 Å². The predicted octanol–water partition coefficient (Wildman–Crippen LogP) is 5.68. The Morgan fingerprint density at radius 2 is 1.76 bits per heavy atom. The number of nitrogens with one attached hydrogen (secondary N) is 1. The Kier molecular flexibility index (Phi) is 5.88. The fourth-order valence-corrected chi connectivity index (χ4v) is 3.14. The third kappa shape index (κ3) is 4.10. The van der Waals surface area contributed by atoms with E-state index in [2.05, 4.69) is 5.32 Å². The maximum absolute atomic E-state index is 13.9. The first kappa shape index (κ1) is 16.6. The second-order valence-electron chi connectivity index (χ2n) is 4.69. The summed E-state index contributed by atoms with van der Waals surface area (Å²) in [6, 6.07) is 9.70. The van der Waals surface area contributed by atoms with Crippen LogP contribution < -0.4 is 5.32 Å². The van der Waals surface area contributed by atoms with Crippen molar-refractivity contribution in [2.45, 2.75) is 19.4 Å². The molecule has 0 bridgehead atoms. The molecule has 1 atom stereocenters. The maximum atomic E-state index is 13.9. The molecule has 0 aliphatic heterocycles. The van der Waals surface area contributed by atoms with E-state index in [4.69, 9.17) is 34.8 Å². The van der Waals surface area contributed by atoms with Crippen molar-refractivity contribution in [1.29, 1.82) is 0 Å². The minimum Gasteiger partial charge on any atom is -0.310 e. The van der Waals surface area contributed by atoms with Gasteiger partial charge in [0.2, 0.25) is 0 Å². The van der Waals surface area contributed by atoms with Gasteiger partial charge in [0.15, 0.2) is 0 Å². The summed E-state index contributed by atoms with van der Waals surface area (Å²) in [5.41, 5.74) is 1.31. The molecule has 0 amide bonds. The van der Waals surface area contributed by atoms with Gasteiger partial charge in [-0.1, -0.05) is 47.8 Å². The predicted molar refractivity (Wildman–Crippen MR) is 88.0 cm³/mol. The van der Waals surface area contributed by atoms with Crippen LogP contribution in [0.2, 0.25) is 15.1 Å². The van der Waals surface area contributed by atoms with Crippen LogP contribution >= 0.6 is 34.8 Å². The van der Waals surface area contributed by atoms with Crippen LogP contribution in [0.4, 0.5) is 4.39 Å². The van der Waals surface area contributed by atoms with Crippen molar-refractivity contribution < 1.29 is 4.39 Å². The molecule has 0 radical (unpaired) electrons. The van der Waals surface area contributed by atoms with Gasteiger partial charge in [-0.05, 0) is 48.9 Å². The highest BCUT2D eigenvalue weighted by Crippen LogP contribution is 2.33. The summed E-state index contributed by atoms with van der Waals surface area (Å²) in [5.74, 6) is -0.287. The van der Waals surface area contributed by atoms with E-state index in [0.717, 1.165) is 5.56 Å². The quantitative estimate of drug-likeness (QED) is 0.734. The third-order valence-electron chi connectivity index (χ3n) is 3.23. The van der Waals surface area contributed by atoms with Gasteiger partial charge in [0.05, 0.1) is 0 Å². The van der Waals surface area contributed by atoms with Crippen molar-refractivity contribution in [2.75, 3.05) is 6.54 Å². The molecular formula is C16H15Cl3FN. The molecule has 1 nitrogen and oxygen atoms in total. The van der Waals surface area contributed by atoms with E-state index in [1.807, 2.05) is 6.92 Å². The van der Waals surface area contributed by atoms with Gasteiger partial charge in [0, 0.05) is 26.7 Å². The highest BCUT2D eigenvalue weighted by molar-refractivity contribution is 6.36. The minimum atomic E-state index is -0.287. The van der Waals surface area contributed by atoms with Crippen molar-refractivity contribution in [1.82, 2.24) is 5.32 Å². The molecule has 0 saturated heterocycles. The summed E-state index contributed by atoms with van der Waals surface area (Å²) in [6.07, 6.45) is 0.420. The third-order valence-corrected chi connectivity index (χ3v) is 4.12. The van der Waals surface area contributed by atoms with Crippen LogP contribution in [0.3, 0.4) is 0 Å². The molecule has 2 rings (SSSR count). The van der Waals surface area contributed by atoms with E-state index < -0.39 is 0 Å². The normalized spacial score (nSPS) is 12.4. The molecule has 0 heterocycles. The highest BCUT2D eigenvalue weighted by Gasteiger charge is 2.19. The Balaban J connectivity index is 2.38. The smallest absolute Gasteiger partial charge is 0.126 e. The Morgan fingerprint density at radius 1 is 1.10 bits per heavy atom. The second-order valence-corrected chi connectivity index (χ2v) is 5.94. The Bertz CT molecular complexity index is 611. The fraction of sp³-hybridized carbons (Fsp3) is 0.250. The number of rotatable bonds is 5. The zero-order valence-corrected chi connectivity index (χ0v) is 13.7. The lowest BCUT2D eigenvalue weighted by molar-refractivity contribution is 0.528. The van der Waals surface area contributed by atoms with Crippen LogP contribution in [0, 0.1) is 5.82 Å². The van der Waals surface area contributed by atoms with Gasteiger partial charge in [-0.3, -0.25) is 0 Å². The first-order valence-corrected chi connectivity index (χ1v) is 7.77. The molecule has 21 heavy (non-hydrogen) atoms. The summed E-state index contributed by atoms with van der Waals surface area (Å²) in [5, 5.41) is 4.93. The van der Waals surface area contributed by atoms with Gasteiger partial charge in [-0.25, -0.2) is 4.39 Å².